The van der Waals surface area contributed by atoms with E-state index in [1.54, 1.807) is 55.6 Å². The first-order chi connectivity index (χ1) is 12.6. The summed E-state index contributed by atoms with van der Waals surface area (Å²) < 4.78 is 20.9. The van der Waals surface area contributed by atoms with Crippen LogP contribution in [0.3, 0.4) is 0 Å². The molecule has 0 saturated carbocycles. The Morgan fingerprint density at radius 3 is 2.38 bits per heavy atom. The number of amides is 1. The van der Waals surface area contributed by atoms with E-state index >= 15 is 0 Å². The zero-order chi connectivity index (χ0) is 18.8. The van der Waals surface area contributed by atoms with E-state index in [2.05, 4.69) is 0 Å². The minimum atomic E-state index is -0.557. The topological polar surface area (TPSA) is 97.1 Å². The lowest BCUT2D eigenvalue weighted by atomic mass is 10.2. The monoisotopic (exact) mass is 359 g/mol. The molecule has 1 amide bonds. The first-order valence-electron chi connectivity index (χ1n) is 7.99. The van der Waals surface area contributed by atoms with Crippen LogP contribution in [0.5, 0.6) is 17.2 Å². The van der Waals surface area contributed by atoms with Crippen LogP contribution < -0.4 is 19.9 Å². The molecule has 138 valence electrons. The normalized spacial score (nSPS) is 10.0. The average Bonchev–Trinajstić information content (AvgIpc) is 2.65. The third-order valence-corrected chi connectivity index (χ3v) is 3.31. The fraction of sp³-hybridized carbons (Fsp3) is 0.263. The predicted molar refractivity (Wildman–Crippen MR) is 94.0 cm³/mol. The third-order valence-electron chi connectivity index (χ3n) is 3.31. The van der Waals surface area contributed by atoms with Crippen molar-refractivity contribution in [2.75, 3.05) is 20.3 Å². The van der Waals surface area contributed by atoms with Gasteiger partial charge < -0.3 is 24.7 Å². The SMILES string of the molecule is COc1ccc(OCCC(=O)OCc2cccc(OCC(N)=O)c2)cc1. The number of benzene rings is 2. The van der Waals surface area contributed by atoms with E-state index in [1.165, 1.54) is 0 Å². The number of nitrogens with two attached hydrogens (primary N) is 1. The Morgan fingerprint density at radius 2 is 1.69 bits per heavy atom. The molecule has 0 atom stereocenters. The van der Waals surface area contributed by atoms with Crippen LogP contribution in [0, 0.1) is 0 Å². The summed E-state index contributed by atoms with van der Waals surface area (Å²) in [5.41, 5.74) is 5.78. The minimum absolute atomic E-state index is 0.106. The number of esters is 1. The molecule has 7 heteroatoms. The van der Waals surface area contributed by atoms with E-state index in [0.29, 0.717) is 11.5 Å². The number of rotatable bonds is 10. The smallest absolute Gasteiger partial charge is 0.309 e. The molecule has 0 aliphatic carbocycles. The molecule has 0 aromatic heterocycles. The van der Waals surface area contributed by atoms with Crippen LogP contribution in [-0.2, 0) is 20.9 Å². The van der Waals surface area contributed by atoms with Gasteiger partial charge in [-0.1, -0.05) is 12.1 Å². The lowest BCUT2D eigenvalue weighted by Gasteiger charge is -2.09. The van der Waals surface area contributed by atoms with Crippen LogP contribution in [0.15, 0.2) is 48.5 Å². The van der Waals surface area contributed by atoms with Gasteiger partial charge in [-0.25, -0.2) is 0 Å². The molecular weight excluding hydrogens is 338 g/mol. The average molecular weight is 359 g/mol. The number of ether oxygens (including phenoxy) is 4. The maximum atomic E-state index is 11.8. The second kappa shape index (κ2) is 9.93. The van der Waals surface area contributed by atoms with Gasteiger partial charge in [0.25, 0.3) is 5.91 Å². The summed E-state index contributed by atoms with van der Waals surface area (Å²) >= 11 is 0. The number of carbonyl (C=O) groups is 2. The highest BCUT2D eigenvalue weighted by Crippen LogP contribution is 2.17. The fourth-order valence-corrected chi connectivity index (χ4v) is 2.04. The molecule has 0 fully saturated rings. The van der Waals surface area contributed by atoms with Crippen LogP contribution in [0.4, 0.5) is 0 Å². The first-order valence-corrected chi connectivity index (χ1v) is 7.99. The van der Waals surface area contributed by atoms with Gasteiger partial charge >= 0.3 is 5.97 Å². The zero-order valence-electron chi connectivity index (χ0n) is 14.5. The highest BCUT2D eigenvalue weighted by molar-refractivity contribution is 5.75. The highest BCUT2D eigenvalue weighted by Gasteiger charge is 2.06. The van der Waals surface area contributed by atoms with Gasteiger partial charge in [0.2, 0.25) is 0 Å². The number of primary amides is 1. The molecule has 2 aromatic carbocycles. The summed E-state index contributed by atoms with van der Waals surface area (Å²) in [6.45, 7) is 0.119. The van der Waals surface area contributed by atoms with Crippen molar-refractivity contribution >= 4 is 11.9 Å². The number of hydrogen-bond acceptors (Lipinski definition) is 6. The molecule has 7 nitrogen and oxygen atoms in total. The van der Waals surface area contributed by atoms with Crippen LogP contribution in [0.25, 0.3) is 0 Å². The van der Waals surface area contributed by atoms with Crippen LogP contribution >= 0.6 is 0 Å². The van der Waals surface area contributed by atoms with Crippen molar-refractivity contribution in [2.24, 2.45) is 5.73 Å². The van der Waals surface area contributed by atoms with E-state index < -0.39 is 5.91 Å². The number of methoxy groups -OCH3 is 1. The maximum absolute atomic E-state index is 11.8. The number of hydrogen-bond donors (Lipinski definition) is 1. The van der Waals surface area contributed by atoms with Crippen LogP contribution in [-0.4, -0.2) is 32.2 Å². The molecule has 0 heterocycles. The predicted octanol–water partition coefficient (Wildman–Crippen LogP) is 2.07. The minimum Gasteiger partial charge on any atom is -0.497 e. The summed E-state index contributed by atoms with van der Waals surface area (Å²) in [4.78, 5) is 22.5. The van der Waals surface area contributed by atoms with Gasteiger partial charge in [0.15, 0.2) is 6.61 Å². The van der Waals surface area contributed by atoms with Gasteiger partial charge in [-0.15, -0.1) is 0 Å². The van der Waals surface area contributed by atoms with Crippen molar-refractivity contribution in [3.8, 4) is 17.2 Å². The summed E-state index contributed by atoms with van der Waals surface area (Å²) in [5, 5.41) is 0. The van der Waals surface area contributed by atoms with Crippen molar-refractivity contribution in [3.63, 3.8) is 0 Å². The quantitative estimate of drug-likeness (QED) is 0.652. The van der Waals surface area contributed by atoms with Gasteiger partial charge in [0.1, 0.15) is 23.9 Å². The molecule has 0 aliphatic rings. The summed E-state index contributed by atoms with van der Waals surface area (Å²) in [5.74, 6) is 0.942. The second-order valence-corrected chi connectivity index (χ2v) is 5.34. The Bertz CT molecular complexity index is 729. The number of carbonyl (C=O) groups excluding carboxylic acids is 2. The molecule has 0 bridgehead atoms. The zero-order valence-corrected chi connectivity index (χ0v) is 14.5. The molecule has 0 saturated heterocycles. The molecule has 0 aliphatic heterocycles. The Kier molecular flexibility index (Phi) is 7.30. The largest absolute Gasteiger partial charge is 0.497 e. The molecule has 26 heavy (non-hydrogen) atoms. The Labute approximate surface area is 151 Å². The van der Waals surface area contributed by atoms with Crippen molar-refractivity contribution in [3.05, 3.63) is 54.1 Å². The summed E-state index contributed by atoms with van der Waals surface area (Å²) in [6.07, 6.45) is 0.129. The van der Waals surface area contributed by atoms with Crippen molar-refractivity contribution in [1.29, 1.82) is 0 Å². The molecule has 0 spiro atoms. The molecule has 2 N–H and O–H groups in total. The van der Waals surface area contributed by atoms with E-state index in [4.69, 9.17) is 24.7 Å². The molecule has 2 aromatic rings. The summed E-state index contributed by atoms with van der Waals surface area (Å²) in [7, 11) is 1.59. The highest BCUT2D eigenvalue weighted by atomic mass is 16.5. The lowest BCUT2D eigenvalue weighted by molar-refractivity contribution is -0.145. The standard InChI is InChI=1S/C19H21NO6/c1-23-15-5-7-16(8-6-15)24-10-9-19(22)26-12-14-3-2-4-17(11-14)25-13-18(20)21/h2-8,11H,9-10,12-13H2,1H3,(H2,20,21). The van der Waals surface area contributed by atoms with Crippen LogP contribution in [0.2, 0.25) is 0 Å². The second-order valence-electron chi connectivity index (χ2n) is 5.34. The van der Waals surface area contributed by atoms with Gasteiger partial charge in [-0.05, 0) is 42.0 Å². The first kappa shape index (κ1) is 19.1. The van der Waals surface area contributed by atoms with Gasteiger partial charge in [0, 0.05) is 0 Å². The van der Waals surface area contributed by atoms with Gasteiger partial charge in [0.05, 0.1) is 20.1 Å². The van der Waals surface area contributed by atoms with E-state index in [0.717, 1.165) is 11.3 Å². The molecule has 0 radical (unpaired) electrons. The lowest BCUT2D eigenvalue weighted by Crippen LogP contribution is -2.20. The van der Waals surface area contributed by atoms with Gasteiger partial charge in [-0.3, -0.25) is 9.59 Å². The van der Waals surface area contributed by atoms with E-state index in [1.807, 2.05) is 0 Å². The summed E-state index contributed by atoms with van der Waals surface area (Å²) in [6, 6.07) is 14.0. The fourth-order valence-electron chi connectivity index (χ4n) is 2.04. The van der Waals surface area contributed by atoms with Crippen molar-refractivity contribution in [1.82, 2.24) is 0 Å². The van der Waals surface area contributed by atoms with E-state index in [-0.39, 0.29) is 32.2 Å². The van der Waals surface area contributed by atoms with Crippen LogP contribution in [0.1, 0.15) is 12.0 Å². The molecule has 0 unspecified atom stereocenters. The maximum Gasteiger partial charge on any atom is 0.309 e. The molecular formula is C19H21NO6. The Balaban J connectivity index is 1.71. The Hall–Kier alpha value is -3.22. The van der Waals surface area contributed by atoms with E-state index in [9.17, 15) is 9.59 Å². The van der Waals surface area contributed by atoms with Gasteiger partial charge in [-0.2, -0.15) is 0 Å². The van der Waals surface area contributed by atoms with Crippen molar-refractivity contribution in [2.45, 2.75) is 13.0 Å². The third kappa shape index (κ3) is 6.72. The Morgan fingerprint density at radius 1 is 0.962 bits per heavy atom. The molecule has 2 rings (SSSR count). The van der Waals surface area contributed by atoms with Crippen molar-refractivity contribution < 1.29 is 28.5 Å².